The van der Waals surface area contributed by atoms with Gasteiger partial charge in [0, 0.05) is 11.3 Å². The van der Waals surface area contributed by atoms with Gasteiger partial charge < -0.3 is 5.32 Å². The molecule has 0 radical (unpaired) electrons. The summed E-state index contributed by atoms with van der Waals surface area (Å²) in [6.07, 6.45) is 0. The maximum absolute atomic E-state index is 8.05. The minimum Gasteiger partial charge on any atom is -0.340 e. The lowest BCUT2D eigenvalue weighted by Crippen LogP contribution is -2.13. The van der Waals surface area contributed by atoms with Crippen LogP contribution in [0.3, 0.4) is 0 Å². The van der Waals surface area contributed by atoms with Crippen LogP contribution in [-0.2, 0) is 0 Å². The van der Waals surface area contributed by atoms with Crippen molar-refractivity contribution in [3.05, 3.63) is 65.2 Å². The minimum atomic E-state index is 0.433. The van der Waals surface area contributed by atoms with E-state index < -0.39 is 0 Å². The zero-order valence-electron chi connectivity index (χ0n) is 10.1. The first-order valence-corrected chi connectivity index (χ1v) is 5.65. The topological polar surface area (TPSA) is 35.9 Å². The van der Waals surface area contributed by atoms with Crippen LogP contribution in [0.5, 0.6) is 0 Å². The quantitative estimate of drug-likeness (QED) is 0.591. The predicted molar refractivity (Wildman–Crippen MR) is 72.8 cm³/mol. The highest BCUT2D eigenvalue weighted by molar-refractivity contribution is 6.06. The van der Waals surface area contributed by atoms with Gasteiger partial charge in [0.15, 0.2) is 0 Å². The van der Waals surface area contributed by atoms with Crippen molar-refractivity contribution >= 4 is 11.5 Å². The molecule has 0 bridgehead atoms. The standard InChI is InChI=1S/C15H16N2/c1-11-7-6-8-12(2)14(11)17-15(16)13-9-4-3-5-10-13/h3-10H,1-2H3,(H2,16,17). The SMILES string of the molecule is Cc1cccc(C)c1NC(=N)c1ccccc1. The van der Waals surface area contributed by atoms with Gasteiger partial charge in [-0.25, -0.2) is 0 Å². The molecule has 2 N–H and O–H groups in total. The molecule has 2 aromatic carbocycles. The average Bonchev–Trinajstić information content (AvgIpc) is 2.35. The molecule has 2 heteroatoms. The van der Waals surface area contributed by atoms with Gasteiger partial charge >= 0.3 is 0 Å². The van der Waals surface area contributed by atoms with Crippen LogP contribution in [0, 0.1) is 19.3 Å². The number of aryl methyl sites for hydroxylation is 2. The minimum absolute atomic E-state index is 0.433. The van der Waals surface area contributed by atoms with E-state index in [9.17, 15) is 0 Å². The van der Waals surface area contributed by atoms with Gasteiger partial charge in [-0.15, -0.1) is 0 Å². The highest BCUT2D eigenvalue weighted by Gasteiger charge is 2.05. The van der Waals surface area contributed by atoms with Crippen molar-refractivity contribution in [2.75, 3.05) is 5.32 Å². The van der Waals surface area contributed by atoms with Gasteiger partial charge in [0.1, 0.15) is 5.84 Å². The van der Waals surface area contributed by atoms with E-state index in [4.69, 9.17) is 5.41 Å². The second-order valence-corrected chi connectivity index (χ2v) is 4.13. The summed E-state index contributed by atoms with van der Waals surface area (Å²) in [7, 11) is 0. The summed E-state index contributed by atoms with van der Waals surface area (Å²) in [5.74, 6) is 0.433. The molecular formula is C15H16N2. The van der Waals surface area contributed by atoms with Crippen LogP contribution in [-0.4, -0.2) is 5.84 Å². The molecule has 0 saturated carbocycles. The lowest BCUT2D eigenvalue weighted by atomic mass is 10.1. The Morgan fingerprint density at radius 3 is 2.06 bits per heavy atom. The molecule has 0 atom stereocenters. The molecule has 2 nitrogen and oxygen atoms in total. The molecular weight excluding hydrogens is 208 g/mol. The zero-order valence-corrected chi connectivity index (χ0v) is 10.1. The molecule has 2 aromatic rings. The molecule has 17 heavy (non-hydrogen) atoms. The average molecular weight is 224 g/mol. The molecule has 0 amide bonds. The number of hydrogen-bond acceptors (Lipinski definition) is 1. The highest BCUT2D eigenvalue weighted by Crippen LogP contribution is 2.20. The maximum Gasteiger partial charge on any atom is 0.129 e. The van der Waals surface area contributed by atoms with E-state index in [1.807, 2.05) is 62.4 Å². The summed E-state index contributed by atoms with van der Waals surface area (Å²) in [4.78, 5) is 0. The van der Waals surface area contributed by atoms with Gasteiger partial charge in [-0.1, -0.05) is 48.5 Å². The van der Waals surface area contributed by atoms with Crippen molar-refractivity contribution in [1.29, 1.82) is 5.41 Å². The molecule has 0 heterocycles. The van der Waals surface area contributed by atoms with Crippen LogP contribution < -0.4 is 5.32 Å². The Kier molecular flexibility index (Phi) is 3.24. The van der Waals surface area contributed by atoms with Gasteiger partial charge in [0.25, 0.3) is 0 Å². The first-order valence-electron chi connectivity index (χ1n) is 5.65. The van der Waals surface area contributed by atoms with Crippen molar-refractivity contribution in [3.8, 4) is 0 Å². The summed E-state index contributed by atoms with van der Waals surface area (Å²) in [6.45, 7) is 4.10. The lowest BCUT2D eigenvalue weighted by Gasteiger charge is -2.13. The first-order chi connectivity index (χ1) is 8.18. The third kappa shape index (κ3) is 2.53. The summed E-state index contributed by atoms with van der Waals surface area (Å²) in [5, 5.41) is 11.2. The number of nitrogens with one attached hydrogen (secondary N) is 2. The Morgan fingerprint density at radius 2 is 1.47 bits per heavy atom. The third-order valence-electron chi connectivity index (χ3n) is 2.79. The zero-order chi connectivity index (χ0) is 12.3. The van der Waals surface area contributed by atoms with Gasteiger partial charge in [0.05, 0.1) is 0 Å². The van der Waals surface area contributed by atoms with Gasteiger partial charge in [-0.05, 0) is 25.0 Å². The van der Waals surface area contributed by atoms with E-state index >= 15 is 0 Å². The molecule has 86 valence electrons. The van der Waals surface area contributed by atoms with E-state index in [0.29, 0.717) is 5.84 Å². The van der Waals surface area contributed by atoms with Crippen molar-refractivity contribution < 1.29 is 0 Å². The second kappa shape index (κ2) is 4.83. The molecule has 0 saturated heterocycles. The highest BCUT2D eigenvalue weighted by atomic mass is 14.9. The number of rotatable bonds is 2. The van der Waals surface area contributed by atoms with Crippen LogP contribution in [0.4, 0.5) is 5.69 Å². The maximum atomic E-state index is 8.05. The van der Waals surface area contributed by atoms with Crippen LogP contribution >= 0.6 is 0 Å². The van der Waals surface area contributed by atoms with Crippen LogP contribution in [0.25, 0.3) is 0 Å². The summed E-state index contributed by atoms with van der Waals surface area (Å²) >= 11 is 0. The van der Waals surface area contributed by atoms with Crippen molar-refractivity contribution in [2.45, 2.75) is 13.8 Å². The van der Waals surface area contributed by atoms with Crippen molar-refractivity contribution in [1.82, 2.24) is 0 Å². The van der Waals surface area contributed by atoms with Crippen molar-refractivity contribution in [3.63, 3.8) is 0 Å². The molecule has 0 aromatic heterocycles. The molecule has 0 fully saturated rings. The van der Waals surface area contributed by atoms with E-state index in [-0.39, 0.29) is 0 Å². The van der Waals surface area contributed by atoms with Gasteiger partial charge in [-0.3, -0.25) is 5.41 Å². The van der Waals surface area contributed by atoms with Crippen LogP contribution in [0.2, 0.25) is 0 Å². The lowest BCUT2D eigenvalue weighted by molar-refractivity contribution is 1.35. The molecule has 0 aliphatic rings. The summed E-state index contributed by atoms with van der Waals surface area (Å²) in [5.41, 5.74) is 4.24. The van der Waals surface area contributed by atoms with E-state index in [2.05, 4.69) is 5.32 Å². The third-order valence-corrected chi connectivity index (χ3v) is 2.79. The fourth-order valence-electron chi connectivity index (χ4n) is 1.81. The fraction of sp³-hybridized carbons (Fsp3) is 0.133. The summed E-state index contributed by atoms with van der Waals surface area (Å²) in [6, 6.07) is 15.8. The number of para-hydroxylation sites is 1. The molecule has 0 spiro atoms. The molecule has 0 aliphatic heterocycles. The second-order valence-electron chi connectivity index (χ2n) is 4.13. The number of benzene rings is 2. The number of hydrogen-bond donors (Lipinski definition) is 2. The van der Waals surface area contributed by atoms with Crippen molar-refractivity contribution in [2.24, 2.45) is 0 Å². The van der Waals surface area contributed by atoms with E-state index in [0.717, 1.165) is 22.4 Å². The largest absolute Gasteiger partial charge is 0.340 e. The van der Waals surface area contributed by atoms with Crippen LogP contribution in [0.15, 0.2) is 48.5 Å². The Balaban J connectivity index is 2.25. The first kappa shape index (κ1) is 11.4. The Bertz CT molecular complexity index is 510. The smallest absolute Gasteiger partial charge is 0.129 e. The van der Waals surface area contributed by atoms with Crippen LogP contribution in [0.1, 0.15) is 16.7 Å². The molecule has 0 aliphatic carbocycles. The monoisotopic (exact) mass is 224 g/mol. The predicted octanol–water partition coefficient (Wildman–Crippen LogP) is 3.74. The van der Waals surface area contributed by atoms with Gasteiger partial charge in [-0.2, -0.15) is 0 Å². The van der Waals surface area contributed by atoms with E-state index in [1.54, 1.807) is 0 Å². The Morgan fingerprint density at radius 1 is 0.882 bits per heavy atom. The Hall–Kier alpha value is -2.09. The Labute approximate surface area is 102 Å². The van der Waals surface area contributed by atoms with Gasteiger partial charge in [0.2, 0.25) is 0 Å². The number of amidine groups is 1. The number of anilines is 1. The molecule has 2 rings (SSSR count). The normalized spacial score (nSPS) is 10.0. The fourth-order valence-corrected chi connectivity index (χ4v) is 1.81. The summed E-state index contributed by atoms with van der Waals surface area (Å²) < 4.78 is 0. The van der Waals surface area contributed by atoms with E-state index in [1.165, 1.54) is 0 Å². The molecule has 0 unspecified atom stereocenters.